The number of carbonyl (C=O) groups excluding carboxylic acids is 1. The average Bonchev–Trinajstić information content (AvgIpc) is 2.81. The lowest BCUT2D eigenvalue weighted by molar-refractivity contribution is -0.184. The Labute approximate surface area is 203 Å². The van der Waals surface area contributed by atoms with Crippen LogP contribution in [0.4, 0.5) is 0 Å². The van der Waals surface area contributed by atoms with Gasteiger partial charge >= 0.3 is 5.97 Å². The van der Waals surface area contributed by atoms with Crippen LogP contribution in [0.3, 0.4) is 0 Å². The molecule has 2 fully saturated rings. The molecule has 0 unspecified atom stereocenters. The van der Waals surface area contributed by atoms with E-state index in [1.54, 1.807) is 24.3 Å². The Morgan fingerprint density at radius 2 is 2.06 bits per heavy atom. The molecule has 2 aromatic rings. The third kappa shape index (κ3) is 4.34. The highest BCUT2D eigenvalue weighted by Crippen LogP contribution is 2.53. The van der Waals surface area contributed by atoms with Gasteiger partial charge in [0.25, 0.3) is 5.91 Å². The molecule has 7 nitrogen and oxygen atoms in total. The molecule has 0 saturated carbocycles. The lowest BCUT2D eigenvalue weighted by Crippen LogP contribution is -2.56. The van der Waals surface area contributed by atoms with Crippen LogP contribution in [0.5, 0.6) is 11.5 Å². The molecule has 3 aliphatic heterocycles. The number of amides is 1. The van der Waals surface area contributed by atoms with Crippen molar-refractivity contribution in [3.05, 3.63) is 58.6 Å². The van der Waals surface area contributed by atoms with Gasteiger partial charge in [-0.3, -0.25) is 4.79 Å². The van der Waals surface area contributed by atoms with Gasteiger partial charge in [0, 0.05) is 41.1 Å². The number of rotatable bonds is 4. The van der Waals surface area contributed by atoms with Gasteiger partial charge < -0.3 is 24.2 Å². The molecule has 4 atom stereocenters. The molecule has 180 valence electrons. The molecule has 1 N–H and O–H groups in total. The molecule has 3 heterocycles. The second kappa shape index (κ2) is 8.78. The van der Waals surface area contributed by atoms with Crippen LogP contribution in [0, 0.1) is 11.8 Å². The molecule has 0 aliphatic carbocycles. The first kappa shape index (κ1) is 23.0. The van der Waals surface area contributed by atoms with Crippen molar-refractivity contribution >= 4 is 23.5 Å². The van der Waals surface area contributed by atoms with E-state index in [9.17, 15) is 9.59 Å². The Morgan fingerprint density at radius 1 is 1.24 bits per heavy atom. The van der Waals surface area contributed by atoms with Gasteiger partial charge in [0.1, 0.15) is 17.1 Å². The molecule has 0 aromatic heterocycles. The summed E-state index contributed by atoms with van der Waals surface area (Å²) in [6.45, 7) is 4.95. The third-order valence-corrected chi connectivity index (χ3v) is 7.42. The molecule has 8 heteroatoms. The molecular weight excluding hydrogens is 458 g/mol. The van der Waals surface area contributed by atoms with Gasteiger partial charge in [0.05, 0.1) is 12.2 Å². The van der Waals surface area contributed by atoms with Gasteiger partial charge in [-0.25, -0.2) is 4.79 Å². The summed E-state index contributed by atoms with van der Waals surface area (Å²) < 4.78 is 18.2. The maximum absolute atomic E-state index is 13.2. The summed E-state index contributed by atoms with van der Waals surface area (Å²) in [5.41, 5.74) is 1.09. The maximum atomic E-state index is 13.2. The van der Waals surface area contributed by atoms with Crippen LogP contribution in [-0.4, -0.2) is 53.3 Å². The number of hydrogen-bond donors (Lipinski definition) is 1. The van der Waals surface area contributed by atoms with Crippen LogP contribution in [0.25, 0.3) is 0 Å². The van der Waals surface area contributed by atoms with E-state index in [0.29, 0.717) is 29.4 Å². The van der Waals surface area contributed by atoms with Crippen LogP contribution in [0.1, 0.15) is 48.7 Å². The van der Waals surface area contributed by atoms with E-state index in [2.05, 4.69) is 13.8 Å². The number of carboxylic acid groups (broad SMARTS) is 1. The summed E-state index contributed by atoms with van der Waals surface area (Å²) in [5.74, 6) is 0.389. The number of halogens is 1. The molecule has 34 heavy (non-hydrogen) atoms. The monoisotopic (exact) mass is 485 g/mol. The fourth-order valence-electron chi connectivity index (χ4n) is 5.51. The Hall–Kier alpha value is -2.77. The van der Waals surface area contributed by atoms with Gasteiger partial charge in [-0.15, -0.1) is 0 Å². The van der Waals surface area contributed by atoms with Crippen LogP contribution in [0.15, 0.2) is 42.5 Å². The van der Waals surface area contributed by atoms with Crippen molar-refractivity contribution in [1.82, 2.24) is 4.90 Å². The highest BCUT2D eigenvalue weighted by molar-refractivity contribution is 6.30. The van der Waals surface area contributed by atoms with Crippen molar-refractivity contribution in [3.8, 4) is 11.5 Å². The zero-order valence-electron chi connectivity index (χ0n) is 19.2. The van der Waals surface area contributed by atoms with Crippen molar-refractivity contribution < 1.29 is 28.9 Å². The Kier molecular flexibility index (Phi) is 5.94. The van der Waals surface area contributed by atoms with Crippen LogP contribution >= 0.6 is 11.6 Å². The van der Waals surface area contributed by atoms with Crippen molar-refractivity contribution in [3.63, 3.8) is 0 Å². The maximum Gasteiger partial charge on any atom is 0.341 e. The van der Waals surface area contributed by atoms with E-state index >= 15 is 0 Å². The second-order valence-corrected chi connectivity index (χ2v) is 10.3. The molecule has 2 saturated heterocycles. The van der Waals surface area contributed by atoms with Crippen molar-refractivity contribution in [2.45, 2.75) is 44.5 Å². The minimum Gasteiger partial charge on any atom is -0.487 e. The number of carboxylic acids is 1. The number of likely N-dealkylation sites (tertiary alicyclic amines) is 1. The number of nitrogens with zero attached hydrogens (tertiary/aromatic N) is 1. The summed E-state index contributed by atoms with van der Waals surface area (Å²) in [5, 5.41) is 9.49. The summed E-state index contributed by atoms with van der Waals surface area (Å²) in [6, 6.07) is 12.4. The lowest BCUT2D eigenvalue weighted by atomic mass is 9.70. The minimum absolute atomic E-state index is 0.0660. The smallest absolute Gasteiger partial charge is 0.341 e. The minimum atomic E-state index is -1.06. The quantitative estimate of drug-likeness (QED) is 0.682. The Bertz CT molecular complexity index is 1120. The number of carbonyl (C=O) groups is 2. The second-order valence-electron chi connectivity index (χ2n) is 9.84. The van der Waals surface area contributed by atoms with E-state index in [-0.39, 0.29) is 30.0 Å². The fourth-order valence-corrected chi connectivity index (χ4v) is 5.69. The first-order valence-corrected chi connectivity index (χ1v) is 12.0. The molecular formula is C26H28ClNO6. The standard InChI is InChI=1S/C26H28ClNO6/c1-26(2)20-11-16-13-28(25(31)15-4-3-5-18(10-15)32-14-23(29)30)9-8-21(16)33-24(20)19-12-17(27)6-7-22(19)34-26/h3-7,10,12,16,20-21,24H,8-9,11,13-14H2,1-2H3,(H,29,30)/t16-,20+,21+,24-/m1/s1. The molecule has 1 amide bonds. The average molecular weight is 486 g/mol. The first-order chi connectivity index (χ1) is 16.2. The fraction of sp³-hybridized carbons (Fsp3) is 0.462. The van der Waals surface area contributed by atoms with Gasteiger partial charge in [0.2, 0.25) is 0 Å². The number of fused-ring (bicyclic) bond motifs is 4. The van der Waals surface area contributed by atoms with Gasteiger partial charge in [-0.1, -0.05) is 17.7 Å². The van der Waals surface area contributed by atoms with Gasteiger partial charge in [0.15, 0.2) is 6.61 Å². The zero-order valence-corrected chi connectivity index (χ0v) is 20.0. The molecule has 5 rings (SSSR count). The molecule has 2 aromatic carbocycles. The van der Waals surface area contributed by atoms with Crippen molar-refractivity contribution in [1.29, 1.82) is 0 Å². The first-order valence-electron chi connectivity index (χ1n) is 11.6. The number of piperidine rings is 1. The number of ether oxygens (including phenoxy) is 3. The highest BCUT2D eigenvalue weighted by atomic mass is 35.5. The van der Waals surface area contributed by atoms with E-state index in [1.807, 2.05) is 23.1 Å². The van der Waals surface area contributed by atoms with Crippen LogP contribution < -0.4 is 9.47 Å². The number of aliphatic carboxylic acids is 1. The Morgan fingerprint density at radius 3 is 2.85 bits per heavy atom. The van der Waals surface area contributed by atoms with Crippen molar-refractivity contribution in [2.75, 3.05) is 19.7 Å². The summed E-state index contributed by atoms with van der Waals surface area (Å²) >= 11 is 6.28. The molecule has 3 aliphatic rings. The predicted molar refractivity (Wildman–Crippen MR) is 125 cm³/mol. The zero-order chi connectivity index (χ0) is 24.0. The van der Waals surface area contributed by atoms with Crippen molar-refractivity contribution in [2.24, 2.45) is 11.8 Å². The topological polar surface area (TPSA) is 85.3 Å². The largest absolute Gasteiger partial charge is 0.487 e. The molecule has 0 radical (unpaired) electrons. The summed E-state index contributed by atoms with van der Waals surface area (Å²) in [4.78, 5) is 25.9. The van der Waals surface area contributed by atoms with Crippen LogP contribution in [-0.2, 0) is 9.53 Å². The molecule has 0 bridgehead atoms. The van der Waals surface area contributed by atoms with E-state index in [4.69, 9.17) is 30.9 Å². The number of benzene rings is 2. The normalized spacial score (nSPS) is 27.0. The van der Waals surface area contributed by atoms with Gasteiger partial charge in [-0.2, -0.15) is 0 Å². The highest BCUT2D eigenvalue weighted by Gasteiger charge is 2.51. The predicted octanol–water partition coefficient (Wildman–Crippen LogP) is 4.58. The number of hydrogen-bond acceptors (Lipinski definition) is 5. The molecule has 0 spiro atoms. The van der Waals surface area contributed by atoms with Crippen LogP contribution in [0.2, 0.25) is 5.02 Å². The SMILES string of the molecule is CC1(C)Oc2ccc(Cl)cc2[C@H]2O[C@H]3CCN(C(=O)c4cccc(OCC(=O)O)c4)C[C@H]3C[C@@H]21. The Balaban J connectivity index is 1.32. The van der Waals surface area contributed by atoms with E-state index in [1.165, 1.54) is 0 Å². The van der Waals surface area contributed by atoms with Gasteiger partial charge in [-0.05, 0) is 63.1 Å². The summed E-state index contributed by atoms with van der Waals surface area (Å²) in [7, 11) is 0. The lowest BCUT2D eigenvalue weighted by Gasteiger charge is -2.53. The third-order valence-electron chi connectivity index (χ3n) is 7.18. The van der Waals surface area contributed by atoms with E-state index in [0.717, 1.165) is 24.2 Å². The van der Waals surface area contributed by atoms with E-state index < -0.39 is 18.2 Å². The summed E-state index contributed by atoms with van der Waals surface area (Å²) in [6.07, 6.45) is 1.63.